The van der Waals surface area contributed by atoms with Crippen molar-refractivity contribution >= 4 is 0 Å². The first-order valence-corrected chi connectivity index (χ1v) is 7.78. The molecule has 2 aromatic carbocycles. The van der Waals surface area contributed by atoms with Crippen LogP contribution in [0.2, 0.25) is 0 Å². The van der Waals surface area contributed by atoms with Crippen LogP contribution in [-0.2, 0) is 6.42 Å². The van der Waals surface area contributed by atoms with E-state index in [4.69, 9.17) is 0 Å². The summed E-state index contributed by atoms with van der Waals surface area (Å²) in [6.07, 6.45) is 5.94. The molecule has 6 heteroatoms. The molecule has 2 heterocycles. The lowest BCUT2D eigenvalue weighted by Crippen LogP contribution is -1.95. The van der Waals surface area contributed by atoms with Crippen LogP contribution in [-0.4, -0.2) is 20.1 Å². The van der Waals surface area contributed by atoms with E-state index in [0.717, 1.165) is 28.7 Å². The third-order valence-corrected chi connectivity index (χ3v) is 3.91. The molecule has 4 rings (SSSR count). The second-order valence-corrected chi connectivity index (χ2v) is 5.61. The van der Waals surface area contributed by atoms with Crippen molar-refractivity contribution in [2.75, 3.05) is 0 Å². The number of hydrogen-bond acceptors (Lipinski definition) is 5. The highest BCUT2D eigenvalue weighted by Crippen LogP contribution is 2.29. The Bertz CT molecular complexity index is 1040. The van der Waals surface area contributed by atoms with E-state index in [1.165, 1.54) is 11.9 Å². The van der Waals surface area contributed by atoms with Crippen LogP contribution in [0.3, 0.4) is 0 Å². The number of nitrogens with one attached hydrogen (secondary N) is 1. The van der Waals surface area contributed by atoms with Gasteiger partial charge in [-0.15, -0.1) is 0 Å². The molecule has 0 fully saturated rings. The third-order valence-electron chi connectivity index (χ3n) is 3.91. The Labute approximate surface area is 143 Å². The molecule has 4 aromatic rings. The Morgan fingerprint density at radius 3 is 2.28 bits per heavy atom. The van der Waals surface area contributed by atoms with Crippen molar-refractivity contribution in [1.29, 1.82) is 0 Å². The molecule has 2 aromatic heterocycles. The number of benzene rings is 2. The van der Waals surface area contributed by atoms with Crippen molar-refractivity contribution in [3.05, 3.63) is 88.9 Å². The largest absolute Gasteiger partial charge is 0.439 e. The van der Waals surface area contributed by atoms with Crippen molar-refractivity contribution in [3.63, 3.8) is 0 Å². The van der Waals surface area contributed by atoms with Crippen LogP contribution in [0.25, 0.3) is 22.5 Å². The summed E-state index contributed by atoms with van der Waals surface area (Å²) in [5.41, 5.74) is 5.06. The van der Waals surface area contributed by atoms with Crippen LogP contribution in [0, 0.1) is 0 Å². The predicted octanol–water partition coefficient (Wildman–Crippen LogP) is 3.08. The van der Waals surface area contributed by atoms with E-state index in [1.807, 2.05) is 36.7 Å². The molecule has 0 aliphatic carbocycles. The van der Waals surface area contributed by atoms with Crippen LogP contribution in [0.15, 0.2) is 76.6 Å². The molecule has 0 radical (unpaired) electrons. The van der Waals surface area contributed by atoms with Gasteiger partial charge in [-0.05, 0) is 22.3 Å². The number of aromatic amines is 1. The summed E-state index contributed by atoms with van der Waals surface area (Å²) < 4.78 is 4.62. The Kier molecular flexibility index (Phi) is 3.92. The lowest BCUT2D eigenvalue weighted by molar-refractivity contribution is 0.388. The lowest BCUT2D eigenvalue weighted by Gasteiger charge is -2.08. The normalized spacial score (nSPS) is 10.7. The first kappa shape index (κ1) is 15.0. The van der Waals surface area contributed by atoms with Crippen LogP contribution in [0.5, 0.6) is 0 Å². The monoisotopic (exact) mass is 330 g/mol. The topological polar surface area (TPSA) is 84.7 Å². The van der Waals surface area contributed by atoms with E-state index in [-0.39, 0.29) is 0 Å². The molecule has 0 aliphatic rings. The van der Waals surface area contributed by atoms with E-state index < -0.39 is 5.76 Å². The average molecular weight is 330 g/mol. The van der Waals surface area contributed by atoms with Gasteiger partial charge >= 0.3 is 5.76 Å². The maximum absolute atomic E-state index is 11.2. The minimum atomic E-state index is -0.565. The SMILES string of the molecule is O=c1[nH]c(-c2ccccc2-c2ccc(Cc3cncnc3)cc2)no1. The average Bonchev–Trinajstić information content (AvgIpc) is 3.10. The minimum absolute atomic E-state index is 0.422. The smallest absolute Gasteiger partial charge is 0.296 e. The number of aromatic nitrogens is 4. The van der Waals surface area contributed by atoms with Gasteiger partial charge in [0.1, 0.15) is 6.33 Å². The fourth-order valence-electron chi connectivity index (χ4n) is 2.75. The van der Waals surface area contributed by atoms with E-state index in [2.05, 4.69) is 48.9 Å². The van der Waals surface area contributed by atoms with Crippen molar-refractivity contribution in [3.8, 4) is 22.5 Å². The van der Waals surface area contributed by atoms with Crippen molar-refractivity contribution in [2.24, 2.45) is 0 Å². The van der Waals surface area contributed by atoms with Crippen molar-refractivity contribution in [2.45, 2.75) is 6.42 Å². The number of hydrogen-bond donors (Lipinski definition) is 1. The number of rotatable bonds is 4. The molecule has 0 aliphatic heterocycles. The highest BCUT2D eigenvalue weighted by molar-refractivity contribution is 5.80. The summed E-state index contributed by atoms with van der Waals surface area (Å²) in [4.78, 5) is 21.9. The Hall–Kier alpha value is -3.54. The molecule has 122 valence electrons. The second-order valence-electron chi connectivity index (χ2n) is 5.61. The Morgan fingerprint density at radius 1 is 0.880 bits per heavy atom. The zero-order valence-corrected chi connectivity index (χ0v) is 13.2. The molecule has 0 amide bonds. The molecule has 0 saturated heterocycles. The quantitative estimate of drug-likeness (QED) is 0.621. The molecule has 0 bridgehead atoms. The Morgan fingerprint density at radius 2 is 1.60 bits per heavy atom. The summed E-state index contributed by atoms with van der Waals surface area (Å²) in [7, 11) is 0. The summed E-state index contributed by atoms with van der Waals surface area (Å²) in [6.45, 7) is 0. The van der Waals surface area contributed by atoms with E-state index in [0.29, 0.717) is 5.82 Å². The van der Waals surface area contributed by atoms with Gasteiger partial charge in [-0.3, -0.25) is 9.51 Å². The minimum Gasteiger partial charge on any atom is -0.296 e. The summed E-state index contributed by atoms with van der Waals surface area (Å²) in [5.74, 6) is -0.142. The molecular formula is C19H14N4O2. The van der Waals surface area contributed by atoms with Gasteiger partial charge in [0.25, 0.3) is 0 Å². The Balaban J connectivity index is 1.66. The predicted molar refractivity (Wildman–Crippen MR) is 92.8 cm³/mol. The summed E-state index contributed by atoms with van der Waals surface area (Å²) in [5, 5.41) is 3.79. The molecule has 0 saturated carbocycles. The van der Waals surface area contributed by atoms with Crippen LogP contribution in [0.4, 0.5) is 0 Å². The van der Waals surface area contributed by atoms with Gasteiger partial charge < -0.3 is 0 Å². The molecule has 0 spiro atoms. The van der Waals surface area contributed by atoms with Crippen LogP contribution < -0.4 is 5.76 Å². The maximum Gasteiger partial charge on any atom is 0.439 e. The van der Waals surface area contributed by atoms with Gasteiger partial charge in [0.15, 0.2) is 5.82 Å². The third kappa shape index (κ3) is 3.23. The van der Waals surface area contributed by atoms with Gasteiger partial charge in [0.2, 0.25) is 0 Å². The van der Waals surface area contributed by atoms with E-state index in [9.17, 15) is 4.79 Å². The van der Waals surface area contributed by atoms with Crippen molar-refractivity contribution < 1.29 is 4.52 Å². The fourth-order valence-corrected chi connectivity index (χ4v) is 2.75. The summed E-state index contributed by atoms with van der Waals surface area (Å²) >= 11 is 0. The van der Waals surface area contributed by atoms with Gasteiger partial charge in [0.05, 0.1) is 0 Å². The molecule has 25 heavy (non-hydrogen) atoms. The van der Waals surface area contributed by atoms with Crippen LogP contribution >= 0.6 is 0 Å². The first-order valence-electron chi connectivity index (χ1n) is 7.78. The van der Waals surface area contributed by atoms with E-state index >= 15 is 0 Å². The number of nitrogens with zero attached hydrogens (tertiary/aromatic N) is 3. The lowest BCUT2D eigenvalue weighted by atomic mass is 9.97. The second kappa shape index (κ2) is 6.52. The zero-order valence-electron chi connectivity index (χ0n) is 13.2. The van der Waals surface area contributed by atoms with Crippen molar-refractivity contribution in [1.82, 2.24) is 20.1 Å². The van der Waals surface area contributed by atoms with E-state index in [1.54, 1.807) is 0 Å². The zero-order chi connectivity index (χ0) is 17.1. The van der Waals surface area contributed by atoms with Crippen LogP contribution in [0.1, 0.15) is 11.1 Å². The highest BCUT2D eigenvalue weighted by Gasteiger charge is 2.11. The van der Waals surface area contributed by atoms with Gasteiger partial charge in [0, 0.05) is 24.4 Å². The molecular weight excluding hydrogens is 316 g/mol. The fraction of sp³-hybridized carbons (Fsp3) is 0.0526. The van der Waals surface area contributed by atoms with Gasteiger partial charge in [-0.2, -0.15) is 0 Å². The summed E-state index contributed by atoms with van der Waals surface area (Å²) in [6, 6.07) is 16.0. The number of H-pyrrole nitrogens is 1. The molecule has 0 atom stereocenters. The standard InChI is InChI=1S/C19H14N4O2/c24-19-22-18(23-25-19)17-4-2-1-3-16(17)15-7-5-13(6-8-15)9-14-10-20-12-21-11-14/h1-8,10-12H,9H2,(H,22,23,24). The molecule has 1 N–H and O–H groups in total. The van der Waals surface area contributed by atoms with Gasteiger partial charge in [-0.25, -0.2) is 14.8 Å². The van der Waals surface area contributed by atoms with Gasteiger partial charge in [-0.1, -0.05) is 53.7 Å². The molecule has 6 nitrogen and oxygen atoms in total. The highest BCUT2D eigenvalue weighted by atomic mass is 16.5. The first-order chi connectivity index (χ1) is 12.3. The maximum atomic E-state index is 11.2. The molecule has 0 unspecified atom stereocenters.